The third-order valence-corrected chi connectivity index (χ3v) is 8.69. The van der Waals surface area contributed by atoms with Crippen molar-refractivity contribution in [2.75, 3.05) is 52.9 Å². The van der Waals surface area contributed by atoms with Crippen molar-refractivity contribution in [3.8, 4) is 11.5 Å². The van der Waals surface area contributed by atoms with E-state index in [1.54, 1.807) is 0 Å². The van der Waals surface area contributed by atoms with E-state index in [2.05, 4.69) is 62.4 Å². The lowest BCUT2D eigenvalue weighted by Crippen LogP contribution is -2.29. The van der Waals surface area contributed by atoms with E-state index < -0.39 is 0 Å². The van der Waals surface area contributed by atoms with Crippen LogP contribution in [0.2, 0.25) is 0 Å². The molecular formula is C41H48O8. The Kier molecular flexibility index (Phi) is 12.7. The first-order chi connectivity index (χ1) is 24.0. The lowest BCUT2D eigenvalue weighted by atomic mass is 9.78. The zero-order chi connectivity index (χ0) is 33.7. The van der Waals surface area contributed by atoms with Gasteiger partial charge in [-0.3, -0.25) is 0 Å². The van der Waals surface area contributed by atoms with Gasteiger partial charge < -0.3 is 37.9 Å². The maximum absolute atomic E-state index is 6.15. The van der Waals surface area contributed by atoms with Crippen molar-refractivity contribution in [3.63, 3.8) is 0 Å². The van der Waals surface area contributed by atoms with Crippen LogP contribution < -0.4 is 9.47 Å². The summed E-state index contributed by atoms with van der Waals surface area (Å²) >= 11 is 0. The standard InChI is InChI=1S/C41H48O8/c1-41(2,33-13-17-35(18-14-33)44-25-37(46-27-39-29-48-39)23-42-21-31-9-5-3-6-10-31)34-15-19-36(20-16-34)45-26-38(47-28-40-30-49-40)24-43-22-32-11-7-4-8-12-32/h3-20,37-40H,21-30H2,1-2H3. The van der Waals surface area contributed by atoms with Gasteiger partial charge in [0.25, 0.3) is 0 Å². The minimum absolute atomic E-state index is 0.182. The van der Waals surface area contributed by atoms with Gasteiger partial charge in [-0.1, -0.05) is 98.8 Å². The van der Waals surface area contributed by atoms with E-state index in [0.717, 1.165) is 35.8 Å². The highest BCUT2D eigenvalue weighted by atomic mass is 16.6. The van der Waals surface area contributed by atoms with Crippen molar-refractivity contribution < 1.29 is 37.9 Å². The molecular weight excluding hydrogens is 620 g/mol. The summed E-state index contributed by atoms with van der Waals surface area (Å²) in [6.07, 6.45) is -0.0230. The third-order valence-electron chi connectivity index (χ3n) is 8.69. The first-order valence-electron chi connectivity index (χ1n) is 17.2. The molecule has 2 aliphatic rings. The van der Waals surface area contributed by atoms with Crippen molar-refractivity contribution in [2.45, 2.75) is 56.9 Å². The zero-order valence-electron chi connectivity index (χ0n) is 28.5. The first kappa shape index (κ1) is 35.1. The quantitative estimate of drug-likeness (QED) is 0.0850. The topological polar surface area (TPSA) is 80.4 Å². The molecule has 4 aromatic rings. The van der Waals surface area contributed by atoms with Crippen molar-refractivity contribution >= 4 is 0 Å². The van der Waals surface area contributed by atoms with E-state index in [9.17, 15) is 0 Å². The van der Waals surface area contributed by atoms with Crippen LogP contribution >= 0.6 is 0 Å². The molecule has 4 aromatic carbocycles. The number of hydrogen-bond acceptors (Lipinski definition) is 8. The molecule has 8 heteroatoms. The number of hydrogen-bond donors (Lipinski definition) is 0. The number of ether oxygens (including phenoxy) is 8. The molecule has 0 N–H and O–H groups in total. The summed E-state index contributed by atoms with van der Waals surface area (Å²) in [6, 6.07) is 36.9. The van der Waals surface area contributed by atoms with Crippen LogP contribution in [-0.2, 0) is 47.0 Å². The summed E-state index contributed by atoms with van der Waals surface area (Å²) in [5.41, 5.74) is 4.41. The molecule has 0 aliphatic carbocycles. The fourth-order valence-corrected chi connectivity index (χ4v) is 5.35. The smallest absolute Gasteiger partial charge is 0.119 e. The maximum Gasteiger partial charge on any atom is 0.119 e. The molecule has 0 saturated carbocycles. The van der Waals surface area contributed by atoms with E-state index in [1.807, 2.05) is 60.7 Å². The van der Waals surface area contributed by atoms with Gasteiger partial charge in [-0.15, -0.1) is 0 Å². The van der Waals surface area contributed by atoms with Gasteiger partial charge in [0.15, 0.2) is 0 Å². The van der Waals surface area contributed by atoms with Crippen LogP contribution in [0.15, 0.2) is 109 Å². The largest absolute Gasteiger partial charge is 0.491 e. The van der Waals surface area contributed by atoms with Gasteiger partial charge >= 0.3 is 0 Å². The van der Waals surface area contributed by atoms with Crippen molar-refractivity contribution in [1.82, 2.24) is 0 Å². The minimum atomic E-state index is -0.223. The van der Waals surface area contributed by atoms with Gasteiger partial charge in [-0.25, -0.2) is 0 Å². The molecule has 6 rings (SSSR count). The average Bonchev–Trinajstić information content (AvgIpc) is 4.08. The molecule has 0 spiro atoms. The van der Waals surface area contributed by atoms with Crippen LogP contribution in [0.1, 0.15) is 36.1 Å². The van der Waals surface area contributed by atoms with Gasteiger partial charge in [-0.05, 0) is 46.5 Å². The second-order valence-electron chi connectivity index (χ2n) is 13.1. The predicted molar refractivity (Wildman–Crippen MR) is 187 cm³/mol. The summed E-state index contributed by atoms with van der Waals surface area (Å²) in [6.45, 7) is 9.79. The van der Waals surface area contributed by atoms with E-state index in [4.69, 9.17) is 37.9 Å². The molecule has 2 aliphatic heterocycles. The normalized spacial score (nSPS) is 18.1. The number of rotatable bonds is 22. The van der Waals surface area contributed by atoms with Crippen molar-refractivity contribution in [1.29, 1.82) is 0 Å². The van der Waals surface area contributed by atoms with Crippen molar-refractivity contribution in [2.24, 2.45) is 0 Å². The van der Waals surface area contributed by atoms with Gasteiger partial charge in [-0.2, -0.15) is 0 Å². The SMILES string of the molecule is CC(C)(c1ccc(OCC(COCc2ccccc2)OCC2CO2)cc1)c1ccc(OCC(COCc2ccccc2)OCC2CO2)cc1. The van der Waals surface area contributed by atoms with Gasteiger partial charge in [0.2, 0.25) is 0 Å². The summed E-state index contributed by atoms with van der Waals surface area (Å²) in [7, 11) is 0. The number of epoxide rings is 2. The second-order valence-corrected chi connectivity index (χ2v) is 13.1. The highest BCUT2D eigenvalue weighted by Crippen LogP contribution is 2.33. The minimum Gasteiger partial charge on any atom is -0.491 e. The average molecular weight is 669 g/mol. The Morgan fingerprint density at radius 1 is 0.551 bits per heavy atom. The van der Waals surface area contributed by atoms with E-state index >= 15 is 0 Å². The summed E-state index contributed by atoms with van der Waals surface area (Å²) in [4.78, 5) is 0. The third kappa shape index (κ3) is 11.7. The molecule has 49 heavy (non-hydrogen) atoms. The molecule has 0 bridgehead atoms. The molecule has 0 amide bonds. The van der Waals surface area contributed by atoms with Crippen LogP contribution in [0.5, 0.6) is 11.5 Å². The number of benzene rings is 4. The Balaban J connectivity index is 0.976. The van der Waals surface area contributed by atoms with Crippen LogP contribution in [0, 0.1) is 0 Å². The van der Waals surface area contributed by atoms with Gasteiger partial charge in [0, 0.05) is 5.41 Å². The molecule has 0 radical (unpaired) electrons. The fourth-order valence-electron chi connectivity index (χ4n) is 5.35. The second kappa shape index (κ2) is 17.8. The lowest BCUT2D eigenvalue weighted by Gasteiger charge is -2.27. The zero-order valence-corrected chi connectivity index (χ0v) is 28.5. The monoisotopic (exact) mass is 668 g/mol. The van der Waals surface area contributed by atoms with Crippen LogP contribution in [-0.4, -0.2) is 77.3 Å². The summed E-state index contributed by atoms with van der Waals surface area (Å²) < 4.78 is 47.0. The van der Waals surface area contributed by atoms with Gasteiger partial charge in [0.1, 0.15) is 49.1 Å². The van der Waals surface area contributed by atoms with Gasteiger partial charge in [0.05, 0.1) is 52.9 Å². The highest BCUT2D eigenvalue weighted by Gasteiger charge is 2.27. The Hall–Kier alpha value is -3.76. The highest BCUT2D eigenvalue weighted by molar-refractivity contribution is 5.42. The fraction of sp³-hybridized carbons (Fsp3) is 0.415. The molecule has 0 aromatic heterocycles. The lowest BCUT2D eigenvalue weighted by molar-refractivity contribution is -0.0454. The predicted octanol–water partition coefficient (Wildman–Crippen LogP) is 6.77. The Bertz CT molecular complexity index is 1390. The summed E-state index contributed by atoms with van der Waals surface area (Å²) in [5.74, 6) is 1.58. The Morgan fingerprint density at radius 2 is 0.939 bits per heavy atom. The maximum atomic E-state index is 6.15. The Labute approximate surface area is 290 Å². The summed E-state index contributed by atoms with van der Waals surface area (Å²) in [5, 5.41) is 0. The molecule has 8 nitrogen and oxygen atoms in total. The molecule has 260 valence electrons. The molecule has 2 saturated heterocycles. The van der Waals surface area contributed by atoms with Crippen LogP contribution in [0.4, 0.5) is 0 Å². The molecule has 2 fully saturated rings. The van der Waals surface area contributed by atoms with Crippen LogP contribution in [0.25, 0.3) is 0 Å². The van der Waals surface area contributed by atoms with Crippen molar-refractivity contribution in [3.05, 3.63) is 131 Å². The van der Waals surface area contributed by atoms with E-state index in [0.29, 0.717) is 52.9 Å². The molecule has 2 heterocycles. The van der Waals surface area contributed by atoms with E-state index in [-0.39, 0.29) is 29.8 Å². The Morgan fingerprint density at radius 3 is 1.31 bits per heavy atom. The van der Waals surface area contributed by atoms with Crippen LogP contribution in [0.3, 0.4) is 0 Å². The van der Waals surface area contributed by atoms with E-state index in [1.165, 1.54) is 11.1 Å². The molecule has 4 atom stereocenters. The first-order valence-corrected chi connectivity index (χ1v) is 17.2. The molecule has 4 unspecified atom stereocenters.